The first kappa shape index (κ1) is 52.9. The van der Waals surface area contributed by atoms with E-state index in [1.54, 1.807) is 0 Å². The smallest absolute Gasteiger partial charge is 0.311 e. The number of carbonyl (C=O) groups is 2. The third kappa shape index (κ3) is 32.0. The second-order valence-electron chi connectivity index (χ2n) is 18.3. The van der Waals surface area contributed by atoms with Crippen LogP contribution in [0.3, 0.4) is 0 Å². The molecule has 0 atom stereocenters. The molecule has 6 nitrogen and oxygen atoms in total. The molecule has 0 heterocycles. The molecule has 0 aliphatic carbocycles. The molecular weight excluding hydrogens is 671 g/mol. The summed E-state index contributed by atoms with van der Waals surface area (Å²) < 4.78 is 11.7. The highest BCUT2D eigenvalue weighted by molar-refractivity contribution is 5.75. The van der Waals surface area contributed by atoms with Crippen LogP contribution in [0, 0.1) is 16.7 Å². The number of hydrogen-bond donors (Lipinski definition) is 1. The van der Waals surface area contributed by atoms with Crippen molar-refractivity contribution in [2.75, 3.05) is 39.5 Å². The van der Waals surface area contributed by atoms with Crippen LogP contribution >= 0.6 is 0 Å². The summed E-state index contributed by atoms with van der Waals surface area (Å²) in [6.07, 6.45) is 35.5. The van der Waals surface area contributed by atoms with E-state index in [0.29, 0.717) is 13.2 Å². The van der Waals surface area contributed by atoms with Gasteiger partial charge in [-0.05, 0) is 77.3 Å². The van der Waals surface area contributed by atoms with Crippen molar-refractivity contribution in [3.8, 4) is 0 Å². The van der Waals surface area contributed by atoms with E-state index < -0.39 is 5.41 Å². The number of nitrogens with zero attached hydrogens (tertiary/aromatic N) is 1. The van der Waals surface area contributed by atoms with E-state index in [1.165, 1.54) is 96.3 Å². The van der Waals surface area contributed by atoms with Crippen molar-refractivity contribution in [2.24, 2.45) is 16.7 Å². The SMILES string of the molecule is CCCCCCCCCOC(=O)C(C)(C)CCCCCCN(CCO)CCCCCC(C)(C)COC(=O)C(CCCCCCCC)CCCCCCCC. The molecule has 1 N–H and O–H groups in total. The third-order valence-electron chi connectivity index (χ3n) is 11.6. The number of ether oxygens (including phenoxy) is 2. The van der Waals surface area contributed by atoms with Gasteiger partial charge in [-0.3, -0.25) is 9.59 Å². The molecule has 0 radical (unpaired) electrons. The van der Waals surface area contributed by atoms with Crippen LogP contribution in [0.4, 0.5) is 0 Å². The Morgan fingerprint density at radius 2 is 0.944 bits per heavy atom. The van der Waals surface area contributed by atoms with Gasteiger partial charge in [0.05, 0.1) is 31.2 Å². The van der Waals surface area contributed by atoms with Crippen molar-refractivity contribution in [3.63, 3.8) is 0 Å². The molecule has 54 heavy (non-hydrogen) atoms. The first-order valence-electron chi connectivity index (χ1n) is 23.7. The standard InChI is InChI=1S/C48H95NO5/c1-8-11-14-17-20-25-33-42-53-46(52)48(6,7)37-30-23-24-31-38-49(40-41-50)39-32-26-29-36-47(4,5)43-54-45(51)44(34-27-21-18-15-12-9-2)35-28-22-19-16-13-10-3/h44,50H,8-43H2,1-7H3. The molecule has 0 fully saturated rings. The highest BCUT2D eigenvalue weighted by Crippen LogP contribution is 2.28. The summed E-state index contributed by atoms with van der Waals surface area (Å²) in [5, 5.41) is 9.66. The van der Waals surface area contributed by atoms with Crippen LogP contribution in [-0.4, -0.2) is 61.4 Å². The molecule has 0 aliphatic rings. The van der Waals surface area contributed by atoms with Crippen LogP contribution < -0.4 is 0 Å². The summed E-state index contributed by atoms with van der Waals surface area (Å²) in [6.45, 7) is 19.4. The number of aliphatic hydroxyl groups is 1. The van der Waals surface area contributed by atoms with Gasteiger partial charge in [0.1, 0.15) is 0 Å². The van der Waals surface area contributed by atoms with Crippen LogP contribution in [0.25, 0.3) is 0 Å². The monoisotopic (exact) mass is 766 g/mol. The van der Waals surface area contributed by atoms with Gasteiger partial charge in [-0.15, -0.1) is 0 Å². The van der Waals surface area contributed by atoms with Crippen molar-refractivity contribution >= 4 is 11.9 Å². The first-order valence-corrected chi connectivity index (χ1v) is 23.7. The molecule has 0 saturated heterocycles. The average molecular weight is 766 g/mol. The summed E-state index contributed by atoms with van der Waals surface area (Å²) in [4.78, 5) is 28.3. The Kier molecular flexibility index (Phi) is 35.5. The van der Waals surface area contributed by atoms with E-state index in [0.717, 1.165) is 116 Å². The topological polar surface area (TPSA) is 76.1 Å². The van der Waals surface area contributed by atoms with E-state index in [-0.39, 0.29) is 29.9 Å². The molecular formula is C48H95NO5. The Hall–Kier alpha value is -1.14. The summed E-state index contributed by atoms with van der Waals surface area (Å²) in [6, 6.07) is 0. The van der Waals surface area contributed by atoms with Gasteiger partial charge >= 0.3 is 11.9 Å². The minimum Gasteiger partial charge on any atom is -0.465 e. The highest BCUT2D eigenvalue weighted by atomic mass is 16.5. The van der Waals surface area contributed by atoms with Crippen molar-refractivity contribution < 1.29 is 24.2 Å². The molecule has 6 heteroatoms. The van der Waals surface area contributed by atoms with E-state index in [1.807, 2.05) is 13.8 Å². The fraction of sp³-hybridized carbons (Fsp3) is 0.958. The Morgan fingerprint density at radius 1 is 0.519 bits per heavy atom. The van der Waals surface area contributed by atoms with E-state index in [2.05, 4.69) is 39.5 Å². The lowest BCUT2D eigenvalue weighted by atomic mass is 9.87. The molecule has 0 aromatic heterocycles. The molecule has 0 saturated carbocycles. The van der Waals surface area contributed by atoms with Crippen molar-refractivity contribution in [1.82, 2.24) is 4.90 Å². The lowest BCUT2D eigenvalue weighted by Crippen LogP contribution is -2.29. The molecule has 0 aliphatic heterocycles. The van der Waals surface area contributed by atoms with Gasteiger partial charge in [0.2, 0.25) is 0 Å². The zero-order valence-corrected chi connectivity index (χ0v) is 37.6. The van der Waals surface area contributed by atoms with E-state index in [4.69, 9.17) is 9.47 Å². The summed E-state index contributed by atoms with van der Waals surface area (Å²) in [5.41, 5.74) is -0.423. The van der Waals surface area contributed by atoms with Crippen molar-refractivity contribution in [1.29, 1.82) is 0 Å². The van der Waals surface area contributed by atoms with E-state index >= 15 is 0 Å². The zero-order chi connectivity index (χ0) is 40.2. The Labute approximate surface area is 337 Å². The largest absolute Gasteiger partial charge is 0.465 e. The van der Waals surface area contributed by atoms with Gasteiger partial charge in [-0.2, -0.15) is 0 Å². The maximum Gasteiger partial charge on any atom is 0.311 e. The number of hydrogen-bond acceptors (Lipinski definition) is 6. The van der Waals surface area contributed by atoms with Gasteiger partial charge < -0.3 is 19.5 Å². The van der Waals surface area contributed by atoms with E-state index in [9.17, 15) is 14.7 Å². The van der Waals surface area contributed by atoms with Gasteiger partial charge in [0, 0.05) is 6.54 Å². The summed E-state index contributed by atoms with van der Waals surface area (Å²) in [7, 11) is 0. The predicted octanol–water partition coefficient (Wildman–Crippen LogP) is 13.8. The predicted molar refractivity (Wildman–Crippen MR) is 232 cm³/mol. The van der Waals surface area contributed by atoms with Crippen molar-refractivity contribution in [3.05, 3.63) is 0 Å². The van der Waals surface area contributed by atoms with Crippen LogP contribution in [0.5, 0.6) is 0 Å². The molecule has 0 rings (SSSR count). The van der Waals surface area contributed by atoms with Gasteiger partial charge in [0.25, 0.3) is 0 Å². The molecule has 0 unspecified atom stereocenters. The molecule has 0 aromatic rings. The van der Waals surface area contributed by atoms with Gasteiger partial charge in [-0.1, -0.05) is 182 Å². The number of rotatable bonds is 41. The third-order valence-corrected chi connectivity index (χ3v) is 11.6. The van der Waals surface area contributed by atoms with Crippen LogP contribution in [0.1, 0.15) is 241 Å². The van der Waals surface area contributed by atoms with Crippen LogP contribution in [0.15, 0.2) is 0 Å². The van der Waals surface area contributed by atoms with Crippen LogP contribution in [0.2, 0.25) is 0 Å². The van der Waals surface area contributed by atoms with Crippen LogP contribution in [-0.2, 0) is 19.1 Å². The highest BCUT2D eigenvalue weighted by Gasteiger charge is 2.28. The summed E-state index contributed by atoms with van der Waals surface area (Å²) in [5.74, 6) is 0.0686. The Balaban J connectivity index is 4.33. The number of carbonyl (C=O) groups excluding carboxylic acids is 2. The minimum absolute atomic E-state index is 0.00977. The quantitative estimate of drug-likeness (QED) is 0.0493. The lowest BCUT2D eigenvalue weighted by Gasteiger charge is -2.26. The number of aliphatic hydroxyl groups excluding tert-OH is 1. The molecule has 0 spiro atoms. The van der Waals surface area contributed by atoms with Gasteiger partial charge in [0.15, 0.2) is 0 Å². The first-order chi connectivity index (χ1) is 26.0. The van der Waals surface area contributed by atoms with Crippen molar-refractivity contribution in [2.45, 2.75) is 241 Å². The normalized spacial score (nSPS) is 12.3. The maximum absolute atomic E-state index is 13.3. The maximum atomic E-state index is 13.3. The molecule has 0 amide bonds. The number of esters is 2. The average Bonchev–Trinajstić information content (AvgIpc) is 3.14. The minimum atomic E-state index is -0.414. The zero-order valence-electron chi connectivity index (χ0n) is 37.6. The Bertz CT molecular complexity index is 827. The Morgan fingerprint density at radius 3 is 1.46 bits per heavy atom. The fourth-order valence-electron chi connectivity index (χ4n) is 7.55. The molecule has 0 aromatic carbocycles. The lowest BCUT2D eigenvalue weighted by molar-refractivity contribution is -0.154. The summed E-state index contributed by atoms with van der Waals surface area (Å²) >= 11 is 0. The number of unbranched alkanes of at least 4 members (excludes halogenated alkanes) is 21. The second-order valence-corrected chi connectivity index (χ2v) is 18.3. The second kappa shape index (κ2) is 36.2. The molecule has 322 valence electrons. The molecule has 0 bridgehead atoms. The van der Waals surface area contributed by atoms with Gasteiger partial charge in [-0.25, -0.2) is 0 Å². The fourth-order valence-corrected chi connectivity index (χ4v) is 7.55.